The van der Waals surface area contributed by atoms with Gasteiger partial charge in [0.15, 0.2) is 0 Å². The number of amides is 1. The van der Waals surface area contributed by atoms with Gasteiger partial charge in [-0.05, 0) is 24.3 Å². The van der Waals surface area contributed by atoms with Crippen molar-refractivity contribution in [3.63, 3.8) is 0 Å². The van der Waals surface area contributed by atoms with E-state index in [4.69, 9.17) is 5.11 Å². The number of hydrogen-bond acceptors (Lipinski definition) is 3. The predicted molar refractivity (Wildman–Crippen MR) is 59.5 cm³/mol. The van der Waals surface area contributed by atoms with Crippen LogP contribution in [0.25, 0.3) is 0 Å². The number of β-amino-alcohol motifs (C(OH)–C–C–N with tert-alkyl or cyclic N) is 1. The van der Waals surface area contributed by atoms with Gasteiger partial charge in [0.05, 0.1) is 6.10 Å². The molecule has 96 valence electrons. The van der Waals surface area contributed by atoms with E-state index in [1.54, 1.807) is 0 Å². The highest BCUT2D eigenvalue weighted by molar-refractivity contribution is 5.97. The Kier molecular flexibility index (Phi) is 3.29. The lowest BCUT2D eigenvalue weighted by Gasteiger charge is -2.21. The molecular weight excluding hydrogens is 241 g/mol. The zero-order chi connectivity index (χ0) is 13.3. The van der Waals surface area contributed by atoms with E-state index in [1.807, 2.05) is 0 Å². The second-order valence-corrected chi connectivity index (χ2v) is 4.21. The number of likely N-dealkylation sites (tertiary alicyclic amines) is 1. The van der Waals surface area contributed by atoms with Crippen LogP contribution < -0.4 is 0 Å². The average Bonchev–Trinajstić information content (AvgIpc) is 2.71. The maximum absolute atomic E-state index is 12.7. The predicted octanol–water partition coefficient (Wildman–Crippen LogP) is 0.486. The number of carbonyl (C=O) groups excluding carboxylic acids is 1. The molecule has 2 atom stereocenters. The minimum absolute atomic E-state index is 0.0161. The van der Waals surface area contributed by atoms with Crippen LogP contribution in [0, 0.1) is 5.82 Å². The van der Waals surface area contributed by atoms with Gasteiger partial charge in [0, 0.05) is 18.5 Å². The first kappa shape index (κ1) is 12.5. The van der Waals surface area contributed by atoms with Crippen molar-refractivity contribution in [2.45, 2.75) is 18.6 Å². The van der Waals surface area contributed by atoms with E-state index in [0.29, 0.717) is 0 Å². The zero-order valence-electron chi connectivity index (χ0n) is 9.41. The normalized spacial score (nSPS) is 23.1. The van der Waals surface area contributed by atoms with E-state index >= 15 is 0 Å². The van der Waals surface area contributed by atoms with Crippen LogP contribution in [0.2, 0.25) is 0 Å². The number of aliphatic hydroxyl groups excluding tert-OH is 1. The molecule has 18 heavy (non-hydrogen) atoms. The lowest BCUT2D eigenvalue weighted by atomic mass is 10.1. The Morgan fingerprint density at radius 2 is 1.89 bits per heavy atom. The van der Waals surface area contributed by atoms with Gasteiger partial charge in [-0.25, -0.2) is 9.18 Å². The van der Waals surface area contributed by atoms with Crippen molar-refractivity contribution in [2.24, 2.45) is 0 Å². The van der Waals surface area contributed by atoms with E-state index in [2.05, 4.69) is 0 Å². The molecule has 0 bridgehead atoms. The Bertz CT molecular complexity index is 473. The number of hydrogen-bond donors (Lipinski definition) is 2. The molecule has 1 saturated heterocycles. The summed E-state index contributed by atoms with van der Waals surface area (Å²) in [5.74, 6) is -2.14. The number of aliphatic carboxylic acids is 1. The highest BCUT2D eigenvalue weighted by Crippen LogP contribution is 2.21. The second-order valence-electron chi connectivity index (χ2n) is 4.21. The summed E-state index contributed by atoms with van der Waals surface area (Å²) < 4.78 is 12.7. The van der Waals surface area contributed by atoms with Gasteiger partial charge in [-0.15, -0.1) is 0 Å². The van der Waals surface area contributed by atoms with Crippen LogP contribution in [0.1, 0.15) is 16.8 Å². The van der Waals surface area contributed by atoms with Gasteiger partial charge in [0.1, 0.15) is 11.9 Å². The van der Waals surface area contributed by atoms with Gasteiger partial charge in [0.25, 0.3) is 5.91 Å². The third kappa shape index (κ3) is 2.33. The van der Waals surface area contributed by atoms with E-state index < -0.39 is 29.8 Å². The molecule has 2 N–H and O–H groups in total. The number of aliphatic hydroxyl groups is 1. The molecule has 0 aromatic heterocycles. The molecule has 0 aliphatic carbocycles. The Balaban J connectivity index is 2.22. The number of nitrogens with zero attached hydrogens (tertiary/aromatic N) is 1. The fourth-order valence-corrected chi connectivity index (χ4v) is 2.03. The number of benzene rings is 1. The van der Waals surface area contributed by atoms with E-state index in [1.165, 1.54) is 12.1 Å². The molecule has 1 aromatic carbocycles. The number of carboxylic acids is 1. The minimum Gasteiger partial charge on any atom is -0.480 e. The Hall–Kier alpha value is -1.95. The second kappa shape index (κ2) is 4.73. The highest BCUT2D eigenvalue weighted by atomic mass is 19.1. The fraction of sp³-hybridized carbons (Fsp3) is 0.333. The van der Waals surface area contributed by atoms with Crippen LogP contribution in [0.3, 0.4) is 0 Å². The Morgan fingerprint density at radius 1 is 1.28 bits per heavy atom. The molecule has 1 heterocycles. The largest absolute Gasteiger partial charge is 0.480 e. The zero-order valence-corrected chi connectivity index (χ0v) is 9.41. The Morgan fingerprint density at radius 3 is 2.44 bits per heavy atom. The van der Waals surface area contributed by atoms with E-state index in [-0.39, 0.29) is 18.5 Å². The number of rotatable bonds is 2. The first-order chi connectivity index (χ1) is 8.49. The highest BCUT2D eigenvalue weighted by Gasteiger charge is 2.39. The maximum atomic E-state index is 12.7. The standard InChI is InChI=1S/C12H12FNO4/c13-8-3-1-7(2-4-8)11(16)14-6-9(15)5-10(14)12(17)18/h1-4,9-10,15H,5-6H2,(H,17,18)/t9-,10+/m1/s1. The molecule has 1 aliphatic heterocycles. The molecule has 0 spiro atoms. The van der Waals surface area contributed by atoms with Gasteiger partial charge >= 0.3 is 5.97 Å². The first-order valence-electron chi connectivity index (χ1n) is 5.46. The van der Waals surface area contributed by atoms with Crippen molar-refractivity contribution in [1.29, 1.82) is 0 Å². The summed E-state index contributed by atoms with van der Waals surface area (Å²) in [5, 5.41) is 18.4. The Labute approximate surface area is 102 Å². The van der Waals surface area contributed by atoms with Crippen molar-refractivity contribution < 1.29 is 24.2 Å². The van der Waals surface area contributed by atoms with Crippen LogP contribution >= 0.6 is 0 Å². The molecular formula is C12H12FNO4. The number of carboxylic acid groups (broad SMARTS) is 1. The van der Waals surface area contributed by atoms with E-state index in [9.17, 15) is 19.1 Å². The van der Waals surface area contributed by atoms with Gasteiger partial charge in [-0.1, -0.05) is 0 Å². The molecule has 1 aromatic rings. The van der Waals surface area contributed by atoms with Gasteiger partial charge in [0.2, 0.25) is 0 Å². The molecule has 5 nitrogen and oxygen atoms in total. The van der Waals surface area contributed by atoms with Crippen molar-refractivity contribution in [3.05, 3.63) is 35.6 Å². The lowest BCUT2D eigenvalue weighted by Crippen LogP contribution is -2.40. The van der Waals surface area contributed by atoms with Gasteiger partial charge in [-0.3, -0.25) is 4.79 Å². The van der Waals surface area contributed by atoms with Crippen molar-refractivity contribution in [1.82, 2.24) is 4.90 Å². The van der Waals surface area contributed by atoms with Gasteiger partial charge < -0.3 is 15.1 Å². The lowest BCUT2D eigenvalue weighted by molar-refractivity contribution is -0.141. The molecule has 6 heteroatoms. The van der Waals surface area contributed by atoms with Crippen LogP contribution in [-0.4, -0.2) is 45.7 Å². The molecule has 1 fully saturated rings. The van der Waals surface area contributed by atoms with Gasteiger partial charge in [-0.2, -0.15) is 0 Å². The quantitative estimate of drug-likeness (QED) is 0.804. The molecule has 1 amide bonds. The van der Waals surface area contributed by atoms with Crippen LogP contribution in [0.4, 0.5) is 4.39 Å². The molecule has 0 radical (unpaired) electrons. The summed E-state index contributed by atoms with van der Waals surface area (Å²) in [6.45, 7) is -0.0207. The van der Waals surface area contributed by atoms with Crippen molar-refractivity contribution in [2.75, 3.05) is 6.54 Å². The topological polar surface area (TPSA) is 77.8 Å². The summed E-state index contributed by atoms with van der Waals surface area (Å²) in [5.41, 5.74) is 0.205. The minimum atomic E-state index is -1.15. The summed E-state index contributed by atoms with van der Waals surface area (Å²) in [6, 6.07) is 3.82. The van der Waals surface area contributed by atoms with Crippen LogP contribution in [-0.2, 0) is 4.79 Å². The first-order valence-corrected chi connectivity index (χ1v) is 5.46. The molecule has 0 unspecified atom stereocenters. The monoisotopic (exact) mass is 253 g/mol. The molecule has 0 saturated carbocycles. The third-order valence-electron chi connectivity index (χ3n) is 2.92. The smallest absolute Gasteiger partial charge is 0.326 e. The molecule has 2 rings (SSSR count). The van der Waals surface area contributed by atoms with Crippen molar-refractivity contribution >= 4 is 11.9 Å². The summed E-state index contributed by atoms with van der Waals surface area (Å²) in [6.07, 6.45) is -0.821. The van der Waals surface area contributed by atoms with Crippen molar-refractivity contribution in [3.8, 4) is 0 Å². The summed E-state index contributed by atoms with van der Waals surface area (Å²) >= 11 is 0. The molecule has 1 aliphatic rings. The summed E-state index contributed by atoms with van der Waals surface area (Å²) in [7, 11) is 0. The number of carbonyl (C=O) groups is 2. The van der Waals surface area contributed by atoms with Crippen LogP contribution in [0.5, 0.6) is 0 Å². The van der Waals surface area contributed by atoms with Crippen LogP contribution in [0.15, 0.2) is 24.3 Å². The fourth-order valence-electron chi connectivity index (χ4n) is 2.03. The maximum Gasteiger partial charge on any atom is 0.326 e. The number of halogens is 1. The van der Waals surface area contributed by atoms with E-state index in [0.717, 1.165) is 17.0 Å². The average molecular weight is 253 g/mol. The summed E-state index contributed by atoms with van der Waals surface area (Å²) in [4.78, 5) is 24.1. The SMILES string of the molecule is O=C(O)[C@@H]1C[C@@H](O)CN1C(=O)c1ccc(F)cc1. The third-order valence-corrected chi connectivity index (χ3v) is 2.92.